The highest BCUT2D eigenvalue weighted by atomic mass is 16.1. The molecule has 17 heavy (non-hydrogen) atoms. The summed E-state index contributed by atoms with van der Waals surface area (Å²) in [5, 5.41) is 0. The second-order valence-electron chi connectivity index (χ2n) is 3.74. The van der Waals surface area contributed by atoms with Gasteiger partial charge in [0.15, 0.2) is 0 Å². The second-order valence-corrected chi connectivity index (χ2v) is 3.74. The van der Waals surface area contributed by atoms with Gasteiger partial charge in [0.05, 0.1) is 17.5 Å². The summed E-state index contributed by atoms with van der Waals surface area (Å²) < 4.78 is 0. The van der Waals surface area contributed by atoms with Crippen LogP contribution in [0, 0.1) is 0 Å². The lowest BCUT2D eigenvalue weighted by Gasteiger charge is -2.00. The molecular weight excluding hydrogens is 216 g/mol. The summed E-state index contributed by atoms with van der Waals surface area (Å²) in [6.07, 6.45) is 3.79. The van der Waals surface area contributed by atoms with Crippen LogP contribution >= 0.6 is 0 Å². The van der Waals surface area contributed by atoms with Gasteiger partial charge >= 0.3 is 0 Å². The molecule has 0 aliphatic rings. The molecule has 2 N–H and O–H groups in total. The summed E-state index contributed by atoms with van der Waals surface area (Å²) in [4.78, 5) is 26.0. The van der Waals surface area contributed by atoms with Crippen molar-refractivity contribution >= 4 is 11.0 Å². The van der Waals surface area contributed by atoms with Crippen LogP contribution in [0.25, 0.3) is 11.0 Å². The van der Waals surface area contributed by atoms with E-state index in [-0.39, 0.29) is 5.56 Å². The van der Waals surface area contributed by atoms with Gasteiger partial charge in [-0.2, -0.15) is 0 Å². The molecule has 0 saturated carbocycles. The largest absolute Gasteiger partial charge is 0.348 e. The Bertz CT molecular complexity index is 700. The summed E-state index contributed by atoms with van der Waals surface area (Å²) in [6, 6.07) is 7.47. The van der Waals surface area contributed by atoms with E-state index in [1.54, 1.807) is 12.4 Å². The number of aromatic amines is 2. The van der Waals surface area contributed by atoms with E-state index in [1.165, 1.54) is 0 Å². The van der Waals surface area contributed by atoms with Crippen molar-refractivity contribution in [2.75, 3.05) is 0 Å². The molecular formula is C12H10N4O. The Balaban J connectivity index is 2.10. The second kappa shape index (κ2) is 3.86. The van der Waals surface area contributed by atoms with Crippen LogP contribution < -0.4 is 5.56 Å². The molecule has 84 valence electrons. The molecule has 0 bridgehead atoms. The van der Waals surface area contributed by atoms with Gasteiger partial charge in [-0.15, -0.1) is 0 Å². The van der Waals surface area contributed by atoms with Crippen LogP contribution in [-0.2, 0) is 6.42 Å². The first kappa shape index (κ1) is 9.77. The third kappa shape index (κ3) is 1.82. The number of rotatable bonds is 2. The molecule has 0 radical (unpaired) electrons. The van der Waals surface area contributed by atoms with E-state index in [2.05, 4.69) is 19.9 Å². The number of aromatic nitrogens is 4. The molecule has 2 aromatic heterocycles. The number of imidazole rings is 1. The monoisotopic (exact) mass is 226 g/mol. The fourth-order valence-corrected chi connectivity index (χ4v) is 1.74. The van der Waals surface area contributed by atoms with Crippen LogP contribution in [0.2, 0.25) is 0 Å². The van der Waals surface area contributed by atoms with Crippen LogP contribution in [0.3, 0.4) is 0 Å². The zero-order valence-corrected chi connectivity index (χ0v) is 8.97. The third-order valence-corrected chi connectivity index (χ3v) is 2.56. The minimum Gasteiger partial charge on any atom is -0.348 e. The van der Waals surface area contributed by atoms with E-state index in [9.17, 15) is 4.79 Å². The van der Waals surface area contributed by atoms with Crippen molar-refractivity contribution in [3.8, 4) is 0 Å². The zero-order valence-electron chi connectivity index (χ0n) is 8.97. The van der Waals surface area contributed by atoms with Crippen LogP contribution in [0.4, 0.5) is 0 Å². The third-order valence-electron chi connectivity index (χ3n) is 2.56. The summed E-state index contributed by atoms with van der Waals surface area (Å²) in [5.74, 6) is 0.735. The average Bonchev–Trinajstić information content (AvgIpc) is 2.83. The van der Waals surface area contributed by atoms with Crippen molar-refractivity contribution in [2.24, 2.45) is 0 Å². The molecule has 0 amide bonds. The first-order valence-electron chi connectivity index (χ1n) is 5.29. The van der Waals surface area contributed by atoms with Gasteiger partial charge in [0.2, 0.25) is 0 Å². The van der Waals surface area contributed by atoms with Gasteiger partial charge in [-0.05, 0) is 12.1 Å². The molecule has 2 heterocycles. The van der Waals surface area contributed by atoms with Crippen LogP contribution in [0.15, 0.2) is 41.5 Å². The number of hydrogen-bond acceptors (Lipinski definition) is 3. The van der Waals surface area contributed by atoms with Gasteiger partial charge in [0.25, 0.3) is 5.56 Å². The van der Waals surface area contributed by atoms with E-state index in [1.807, 2.05) is 24.3 Å². The highest BCUT2D eigenvalue weighted by Gasteiger charge is 2.06. The smallest absolute Gasteiger partial charge is 0.270 e. The van der Waals surface area contributed by atoms with Crippen molar-refractivity contribution in [3.05, 3.63) is 58.5 Å². The molecule has 0 aliphatic heterocycles. The van der Waals surface area contributed by atoms with E-state index >= 15 is 0 Å². The summed E-state index contributed by atoms with van der Waals surface area (Å²) in [5.41, 5.74) is 1.84. The molecule has 0 spiro atoms. The van der Waals surface area contributed by atoms with Crippen LogP contribution in [-0.4, -0.2) is 19.9 Å². The SMILES string of the molecule is O=c1[nH]c2ccccc2nc1Cc1ncc[nH]1. The molecule has 3 aromatic rings. The lowest BCUT2D eigenvalue weighted by atomic mass is 10.2. The van der Waals surface area contributed by atoms with Crippen molar-refractivity contribution in [1.29, 1.82) is 0 Å². The number of nitrogens with one attached hydrogen (secondary N) is 2. The topological polar surface area (TPSA) is 74.4 Å². The molecule has 5 nitrogen and oxygen atoms in total. The van der Waals surface area contributed by atoms with Crippen molar-refractivity contribution < 1.29 is 0 Å². The predicted molar refractivity (Wildman–Crippen MR) is 63.8 cm³/mol. The minimum absolute atomic E-state index is 0.167. The number of hydrogen-bond donors (Lipinski definition) is 2. The lowest BCUT2D eigenvalue weighted by molar-refractivity contribution is 0.954. The van der Waals surface area contributed by atoms with Crippen molar-refractivity contribution in [1.82, 2.24) is 19.9 Å². The summed E-state index contributed by atoms with van der Waals surface area (Å²) in [6.45, 7) is 0. The van der Waals surface area contributed by atoms with Crippen LogP contribution in [0.5, 0.6) is 0 Å². The van der Waals surface area contributed by atoms with Gasteiger partial charge in [0, 0.05) is 12.4 Å². The fraction of sp³-hybridized carbons (Fsp3) is 0.0833. The number of para-hydroxylation sites is 2. The summed E-state index contributed by atoms with van der Waals surface area (Å²) in [7, 11) is 0. The van der Waals surface area contributed by atoms with Crippen LogP contribution in [0.1, 0.15) is 11.5 Å². The Hall–Kier alpha value is -2.43. The number of benzene rings is 1. The Kier molecular flexibility index (Phi) is 2.22. The number of fused-ring (bicyclic) bond motifs is 1. The molecule has 5 heteroatoms. The standard InChI is InChI=1S/C12H10N4O/c17-12-10(7-11-13-5-6-14-11)15-8-3-1-2-4-9(8)16-12/h1-6H,7H2,(H,13,14)(H,16,17). The Morgan fingerprint density at radius 2 is 2.12 bits per heavy atom. The first-order valence-corrected chi connectivity index (χ1v) is 5.29. The minimum atomic E-state index is -0.167. The molecule has 0 saturated heterocycles. The predicted octanol–water partition coefficient (Wildman–Crippen LogP) is 1.24. The van der Waals surface area contributed by atoms with Gasteiger partial charge in [-0.25, -0.2) is 9.97 Å². The maximum atomic E-state index is 11.8. The molecule has 0 unspecified atom stereocenters. The van der Waals surface area contributed by atoms with Gasteiger partial charge < -0.3 is 9.97 Å². The molecule has 3 rings (SSSR count). The van der Waals surface area contributed by atoms with Gasteiger partial charge in [-0.3, -0.25) is 4.79 Å². The Labute approximate surface area is 96.6 Å². The molecule has 0 atom stereocenters. The molecule has 0 aliphatic carbocycles. The normalized spacial score (nSPS) is 10.8. The molecule has 0 fully saturated rings. The maximum absolute atomic E-state index is 11.8. The van der Waals surface area contributed by atoms with E-state index in [4.69, 9.17) is 0 Å². The van der Waals surface area contributed by atoms with Gasteiger partial charge in [0.1, 0.15) is 11.5 Å². The maximum Gasteiger partial charge on any atom is 0.270 e. The van der Waals surface area contributed by atoms with Gasteiger partial charge in [-0.1, -0.05) is 12.1 Å². The lowest BCUT2D eigenvalue weighted by Crippen LogP contribution is -2.15. The Morgan fingerprint density at radius 1 is 1.24 bits per heavy atom. The van der Waals surface area contributed by atoms with E-state index < -0.39 is 0 Å². The number of H-pyrrole nitrogens is 2. The molecule has 1 aromatic carbocycles. The quantitative estimate of drug-likeness (QED) is 0.690. The van der Waals surface area contributed by atoms with E-state index in [0.29, 0.717) is 12.1 Å². The van der Waals surface area contributed by atoms with Crippen molar-refractivity contribution in [2.45, 2.75) is 6.42 Å². The van der Waals surface area contributed by atoms with Crippen molar-refractivity contribution in [3.63, 3.8) is 0 Å². The zero-order chi connectivity index (χ0) is 11.7. The Morgan fingerprint density at radius 3 is 2.94 bits per heavy atom. The highest BCUT2D eigenvalue weighted by Crippen LogP contribution is 2.07. The highest BCUT2D eigenvalue weighted by molar-refractivity contribution is 5.73. The first-order chi connectivity index (χ1) is 8.33. The average molecular weight is 226 g/mol. The fourth-order valence-electron chi connectivity index (χ4n) is 1.74. The summed E-state index contributed by atoms with van der Waals surface area (Å²) >= 11 is 0. The van der Waals surface area contributed by atoms with E-state index in [0.717, 1.165) is 16.9 Å². The number of nitrogens with zero attached hydrogens (tertiary/aromatic N) is 2.